The van der Waals surface area contributed by atoms with Crippen molar-refractivity contribution in [2.75, 3.05) is 32.8 Å². The number of hydrogen-bond donors (Lipinski definition) is 1. The largest absolute Gasteiger partial charge is 0.497 e. The third-order valence-electron chi connectivity index (χ3n) is 8.06. The highest BCUT2D eigenvalue weighted by molar-refractivity contribution is 6.05. The normalized spacial score (nSPS) is 15.0. The van der Waals surface area contributed by atoms with E-state index in [0.29, 0.717) is 12.5 Å². The molecule has 1 N–H and O–H groups in total. The van der Waals surface area contributed by atoms with Crippen LogP contribution in [0.25, 0.3) is 33.3 Å². The minimum Gasteiger partial charge on any atom is -0.497 e. The van der Waals surface area contributed by atoms with E-state index in [1.807, 2.05) is 44.4 Å². The minimum atomic E-state index is 0.219. The van der Waals surface area contributed by atoms with Crippen molar-refractivity contribution in [3.05, 3.63) is 53.9 Å². The van der Waals surface area contributed by atoms with Crippen molar-refractivity contribution in [1.29, 1.82) is 0 Å². The molecule has 10 nitrogen and oxygen atoms in total. The van der Waals surface area contributed by atoms with Crippen LogP contribution in [0.1, 0.15) is 37.1 Å². The van der Waals surface area contributed by atoms with Gasteiger partial charge in [0.1, 0.15) is 23.0 Å². The number of methoxy groups -OCH3 is 2. The Hall–Kier alpha value is -4.18. The number of nitrogens with one attached hydrogen (secondary N) is 1. The van der Waals surface area contributed by atoms with E-state index in [1.54, 1.807) is 18.9 Å². The summed E-state index contributed by atoms with van der Waals surface area (Å²) in [6, 6.07) is 12.4. The van der Waals surface area contributed by atoms with Gasteiger partial charge in [-0.15, -0.1) is 5.10 Å². The number of anilines is 1. The molecule has 0 unspecified atom stereocenters. The Morgan fingerprint density at radius 3 is 2.65 bits per heavy atom. The first-order chi connectivity index (χ1) is 19.5. The summed E-state index contributed by atoms with van der Waals surface area (Å²) in [5.74, 6) is 2.81. The molecule has 1 atom stereocenters. The van der Waals surface area contributed by atoms with Crippen LogP contribution in [0, 0.1) is 12.8 Å². The molecule has 0 aliphatic carbocycles. The Balaban J connectivity index is 1.44. The predicted molar refractivity (Wildman–Crippen MR) is 155 cm³/mol. The van der Waals surface area contributed by atoms with Crippen LogP contribution in [0.5, 0.6) is 11.5 Å². The second-order valence-electron chi connectivity index (χ2n) is 10.4. The van der Waals surface area contributed by atoms with Gasteiger partial charge in [0.25, 0.3) is 0 Å². The standard InChI is InChI=1S/C30H35N7O3/c1-18-29(36(3)35-34-18)22-14-25-28(32-17-22)24-8-9-27(31-16-21-6-7-23(38-4)15-26(21)39-5)33-30(24)37(25)19(2)20-10-12-40-13-11-20/h6-9,14-15,17,19-20H,10-13,16H2,1-5H3,(H,31,33)/t19-/m1/s1. The van der Waals surface area contributed by atoms with Gasteiger partial charge in [-0.05, 0) is 62.9 Å². The maximum absolute atomic E-state index is 5.68. The van der Waals surface area contributed by atoms with Crippen LogP contribution in [-0.2, 0) is 18.3 Å². The van der Waals surface area contributed by atoms with Crippen molar-refractivity contribution in [3.8, 4) is 22.8 Å². The molecular weight excluding hydrogens is 506 g/mol. The average Bonchev–Trinajstić information content (AvgIpc) is 3.50. The van der Waals surface area contributed by atoms with E-state index in [0.717, 1.165) is 88.0 Å². The number of aromatic nitrogens is 6. The fourth-order valence-corrected chi connectivity index (χ4v) is 5.86. The molecule has 1 aromatic carbocycles. The Morgan fingerprint density at radius 2 is 1.93 bits per heavy atom. The van der Waals surface area contributed by atoms with E-state index in [1.165, 1.54) is 0 Å². The lowest BCUT2D eigenvalue weighted by molar-refractivity contribution is 0.0524. The maximum atomic E-state index is 5.68. The van der Waals surface area contributed by atoms with Crippen molar-refractivity contribution in [2.45, 2.75) is 39.3 Å². The summed E-state index contributed by atoms with van der Waals surface area (Å²) in [5, 5.41) is 13.0. The highest BCUT2D eigenvalue weighted by atomic mass is 16.5. The van der Waals surface area contributed by atoms with Gasteiger partial charge in [-0.1, -0.05) is 5.21 Å². The molecule has 0 radical (unpaired) electrons. The lowest BCUT2D eigenvalue weighted by atomic mass is 9.92. The summed E-state index contributed by atoms with van der Waals surface area (Å²) >= 11 is 0. The van der Waals surface area contributed by atoms with E-state index in [9.17, 15) is 0 Å². The molecule has 208 valence electrons. The van der Waals surface area contributed by atoms with E-state index in [-0.39, 0.29) is 6.04 Å². The predicted octanol–water partition coefficient (Wildman–Crippen LogP) is 5.31. The van der Waals surface area contributed by atoms with Crippen molar-refractivity contribution < 1.29 is 14.2 Å². The Kier molecular flexibility index (Phi) is 7.02. The van der Waals surface area contributed by atoms with Gasteiger partial charge >= 0.3 is 0 Å². The second-order valence-corrected chi connectivity index (χ2v) is 10.4. The Morgan fingerprint density at radius 1 is 1.10 bits per heavy atom. The third-order valence-corrected chi connectivity index (χ3v) is 8.06. The number of hydrogen-bond acceptors (Lipinski definition) is 8. The molecule has 10 heteroatoms. The van der Waals surface area contributed by atoms with Crippen LogP contribution in [0.3, 0.4) is 0 Å². The molecule has 1 saturated heterocycles. The van der Waals surface area contributed by atoms with Crippen molar-refractivity contribution >= 4 is 27.9 Å². The van der Waals surface area contributed by atoms with Gasteiger partial charge in [0.05, 0.1) is 36.6 Å². The van der Waals surface area contributed by atoms with Crippen LogP contribution < -0.4 is 14.8 Å². The number of pyridine rings is 2. The molecular formula is C30H35N7O3. The smallest absolute Gasteiger partial charge is 0.145 e. The topological polar surface area (TPSA) is 101 Å². The number of fused-ring (bicyclic) bond motifs is 3. The SMILES string of the molecule is COc1ccc(CNc2ccc3c4ncc(-c5c(C)nnn5C)cc4n([C@H](C)C4CCOCC4)c3n2)c(OC)c1. The van der Waals surface area contributed by atoms with Crippen molar-refractivity contribution in [1.82, 2.24) is 29.5 Å². The molecule has 1 aliphatic heterocycles. The molecule has 0 spiro atoms. The van der Waals surface area contributed by atoms with Gasteiger partial charge in [0, 0.05) is 61.6 Å². The molecule has 1 fully saturated rings. The zero-order valence-electron chi connectivity index (χ0n) is 23.6. The van der Waals surface area contributed by atoms with Crippen molar-refractivity contribution in [2.24, 2.45) is 13.0 Å². The Labute approximate surface area is 233 Å². The van der Waals surface area contributed by atoms with E-state index < -0.39 is 0 Å². The molecule has 5 heterocycles. The van der Waals surface area contributed by atoms with Gasteiger partial charge in [0.2, 0.25) is 0 Å². The monoisotopic (exact) mass is 541 g/mol. The summed E-state index contributed by atoms with van der Waals surface area (Å²) in [6.45, 7) is 6.42. The molecule has 6 rings (SSSR count). The summed E-state index contributed by atoms with van der Waals surface area (Å²) in [5.41, 5.74) is 6.79. The van der Waals surface area contributed by atoms with Gasteiger partial charge < -0.3 is 24.1 Å². The maximum Gasteiger partial charge on any atom is 0.145 e. The number of rotatable bonds is 8. The number of benzene rings is 1. The summed E-state index contributed by atoms with van der Waals surface area (Å²) in [4.78, 5) is 10.1. The first-order valence-corrected chi connectivity index (χ1v) is 13.7. The summed E-state index contributed by atoms with van der Waals surface area (Å²) < 4.78 is 20.8. The van der Waals surface area contributed by atoms with Crippen molar-refractivity contribution in [3.63, 3.8) is 0 Å². The summed E-state index contributed by atoms with van der Waals surface area (Å²) in [7, 11) is 5.24. The van der Waals surface area contributed by atoms with Crippen LogP contribution in [0.4, 0.5) is 5.82 Å². The second kappa shape index (κ2) is 10.8. The van der Waals surface area contributed by atoms with Crippen LogP contribution >= 0.6 is 0 Å². The molecule has 0 bridgehead atoms. The summed E-state index contributed by atoms with van der Waals surface area (Å²) in [6.07, 6.45) is 3.96. The number of nitrogens with zero attached hydrogens (tertiary/aromatic N) is 6. The average molecular weight is 542 g/mol. The Bertz CT molecular complexity index is 1650. The van der Waals surface area contributed by atoms with Crippen LogP contribution in [0.2, 0.25) is 0 Å². The van der Waals surface area contributed by atoms with Gasteiger partial charge in [0.15, 0.2) is 0 Å². The van der Waals surface area contributed by atoms with Gasteiger partial charge in [-0.25, -0.2) is 9.67 Å². The highest BCUT2D eigenvalue weighted by Gasteiger charge is 2.27. The van der Waals surface area contributed by atoms with Crippen LogP contribution in [0.15, 0.2) is 42.6 Å². The molecule has 4 aromatic heterocycles. The molecule has 40 heavy (non-hydrogen) atoms. The first-order valence-electron chi connectivity index (χ1n) is 13.7. The lowest BCUT2D eigenvalue weighted by Crippen LogP contribution is -2.24. The van der Waals surface area contributed by atoms with E-state index in [2.05, 4.69) is 39.3 Å². The highest BCUT2D eigenvalue weighted by Crippen LogP contribution is 2.38. The van der Waals surface area contributed by atoms with E-state index in [4.69, 9.17) is 24.2 Å². The zero-order chi connectivity index (χ0) is 27.8. The quantitative estimate of drug-likeness (QED) is 0.282. The fraction of sp³-hybridized carbons (Fsp3) is 0.400. The van der Waals surface area contributed by atoms with Crippen LogP contribution in [-0.4, -0.2) is 57.0 Å². The lowest BCUT2D eigenvalue weighted by Gasteiger charge is -2.29. The van der Waals surface area contributed by atoms with Gasteiger partial charge in [-0.2, -0.15) is 0 Å². The number of ether oxygens (including phenoxy) is 3. The zero-order valence-corrected chi connectivity index (χ0v) is 23.6. The third kappa shape index (κ3) is 4.62. The fourth-order valence-electron chi connectivity index (χ4n) is 5.86. The van der Waals surface area contributed by atoms with E-state index >= 15 is 0 Å². The van der Waals surface area contributed by atoms with Gasteiger partial charge in [-0.3, -0.25) is 4.98 Å². The minimum absolute atomic E-state index is 0.219. The number of aryl methyl sites for hydroxylation is 2. The molecule has 0 saturated carbocycles. The first kappa shape index (κ1) is 26.1. The molecule has 5 aromatic rings. The molecule has 0 amide bonds. The molecule has 1 aliphatic rings.